The first-order chi connectivity index (χ1) is 13.1. The van der Waals surface area contributed by atoms with Gasteiger partial charge in [0.25, 0.3) is 0 Å². The van der Waals surface area contributed by atoms with E-state index in [4.69, 9.17) is 14.7 Å². The van der Waals surface area contributed by atoms with E-state index in [1.54, 1.807) is 0 Å². The van der Waals surface area contributed by atoms with Gasteiger partial charge in [-0.15, -0.1) is 0 Å². The Hall–Kier alpha value is -1.99. The van der Waals surface area contributed by atoms with Gasteiger partial charge < -0.3 is 25.4 Å². The number of nitrogens with one attached hydrogen (secondary N) is 3. The third kappa shape index (κ3) is 5.29. The van der Waals surface area contributed by atoms with Gasteiger partial charge in [0, 0.05) is 25.3 Å². The number of nitriles is 1. The highest BCUT2D eigenvalue weighted by molar-refractivity contribution is 5.88. The van der Waals surface area contributed by atoms with Crippen molar-refractivity contribution in [1.82, 2.24) is 16.0 Å². The molecule has 3 N–H and O–H groups in total. The van der Waals surface area contributed by atoms with Crippen molar-refractivity contribution in [3.63, 3.8) is 0 Å². The van der Waals surface area contributed by atoms with E-state index in [2.05, 4.69) is 16.0 Å². The molecule has 10 heteroatoms. The summed E-state index contributed by atoms with van der Waals surface area (Å²) in [6, 6.07) is -0.291. The highest BCUT2D eigenvalue weighted by atomic mass is 19.3. The van der Waals surface area contributed by atoms with Crippen molar-refractivity contribution in [2.75, 3.05) is 13.2 Å². The van der Waals surface area contributed by atoms with Gasteiger partial charge in [0.05, 0.1) is 19.3 Å². The van der Waals surface area contributed by atoms with E-state index in [1.807, 2.05) is 6.07 Å². The number of hydrogen-bond donors (Lipinski definition) is 3. The molecule has 3 rings (SSSR count). The van der Waals surface area contributed by atoms with Crippen LogP contribution in [0.2, 0.25) is 0 Å². The number of halogens is 2. The molecule has 1 aliphatic heterocycles. The van der Waals surface area contributed by atoms with E-state index < -0.39 is 41.6 Å². The zero-order chi connectivity index (χ0) is 20.4. The second-order valence-electron chi connectivity index (χ2n) is 8.01. The predicted octanol–water partition coefficient (Wildman–Crippen LogP) is 1.56. The largest absolute Gasteiger partial charge is 0.348 e. The summed E-state index contributed by atoms with van der Waals surface area (Å²) in [5.41, 5.74) is -0.991. The molecule has 1 atom stereocenters. The van der Waals surface area contributed by atoms with Gasteiger partial charge in [0.1, 0.15) is 11.6 Å². The molecular formula is C18H26F2N4O4. The number of rotatable bonds is 6. The molecule has 1 heterocycles. The smallest absolute Gasteiger partial charge is 0.315 e. The zero-order valence-corrected chi connectivity index (χ0v) is 15.9. The van der Waals surface area contributed by atoms with Crippen LogP contribution in [-0.4, -0.2) is 54.5 Å². The van der Waals surface area contributed by atoms with Crippen LogP contribution in [0.1, 0.15) is 51.9 Å². The molecule has 1 spiro atoms. The average Bonchev–Trinajstić information content (AvgIpc) is 3.25. The molecule has 8 nitrogen and oxygen atoms in total. The molecule has 3 aliphatic rings. The van der Waals surface area contributed by atoms with Crippen LogP contribution >= 0.6 is 0 Å². The number of carbonyl (C=O) groups excluding carboxylic acids is 2. The van der Waals surface area contributed by atoms with Gasteiger partial charge in [-0.05, 0) is 32.6 Å². The minimum absolute atomic E-state index is 0.154. The minimum atomic E-state index is -3.15. The van der Waals surface area contributed by atoms with E-state index in [1.165, 1.54) is 0 Å². The molecule has 156 valence electrons. The lowest BCUT2D eigenvalue weighted by Crippen LogP contribution is -2.55. The van der Waals surface area contributed by atoms with Crippen molar-refractivity contribution in [3.8, 4) is 6.07 Å². The topological polar surface area (TPSA) is 112 Å². The predicted molar refractivity (Wildman–Crippen MR) is 93.3 cm³/mol. The van der Waals surface area contributed by atoms with Crippen LogP contribution in [0.25, 0.3) is 0 Å². The molecule has 0 aromatic carbocycles. The maximum absolute atomic E-state index is 13.5. The summed E-state index contributed by atoms with van der Waals surface area (Å²) in [6.45, 7) is 1.81. The summed E-state index contributed by atoms with van der Waals surface area (Å²) in [5, 5.41) is 16.6. The Morgan fingerprint density at radius 2 is 1.82 bits per heavy atom. The summed E-state index contributed by atoms with van der Waals surface area (Å²) in [6.07, 6.45) is 2.65. The van der Waals surface area contributed by atoms with Crippen LogP contribution in [0.5, 0.6) is 0 Å². The monoisotopic (exact) mass is 400 g/mol. The molecule has 0 radical (unpaired) electrons. The Balaban J connectivity index is 1.52. The third-order valence-electron chi connectivity index (χ3n) is 5.41. The number of ether oxygens (including phenoxy) is 2. The molecule has 0 bridgehead atoms. The number of hydrogen-bond acceptors (Lipinski definition) is 5. The molecule has 1 unspecified atom stereocenters. The SMILES string of the molecule is CC(F)(F)CC(NC(=O)NC1CCC2(CC1)OCCO2)C(=O)NC1(C#N)CC1. The van der Waals surface area contributed by atoms with Gasteiger partial charge in [0.15, 0.2) is 5.79 Å². The second-order valence-corrected chi connectivity index (χ2v) is 8.01. The van der Waals surface area contributed by atoms with Gasteiger partial charge in [-0.3, -0.25) is 4.79 Å². The Morgan fingerprint density at radius 3 is 2.32 bits per heavy atom. The molecular weight excluding hydrogens is 374 g/mol. The van der Waals surface area contributed by atoms with Crippen molar-refractivity contribution in [3.05, 3.63) is 0 Å². The maximum Gasteiger partial charge on any atom is 0.315 e. The molecule has 0 aromatic rings. The molecule has 2 saturated carbocycles. The Labute approximate surface area is 162 Å². The first-order valence-electron chi connectivity index (χ1n) is 9.60. The first-order valence-corrected chi connectivity index (χ1v) is 9.60. The summed E-state index contributed by atoms with van der Waals surface area (Å²) in [4.78, 5) is 24.7. The lowest BCUT2D eigenvalue weighted by Gasteiger charge is -2.35. The Morgan fingerprint density at radius 1 is 1.21 bits per heavy atom. The number of urea groups is 1. The van der Waals surface area contributed by atoms with Crippen LogP contribution < -0.4 is 16.0 Å². The van der Waals surface area contributed by atoms with Crippen LogP contribution in [0.3, 0.4) is 0 Å². The highest BCUT2D eigenvalue weighted by Gasteiger charge is 2.46. The van der Waals surface area contributed by atoms with Gasteiger partial charge in [0.2, 0.25) is 11.8 Å². The number of alkyl halides is 2. The van der Waals surface area contributed by atoms with E-state index >= 15 is 0 Å². The van der Waals surface area contributed by atoms with E-state index in [0.717, 1.165) is 0 Å². The number of nitrogens with zero attached hydrogens (tertiary/aromatic N) is 1. The quantitative estimate of drug-likeness (QED) is 0.626. The summed E-state index contributed by atoms with van der Waals surface area (Å²) >= 11 is 0. The molecule has 1 saturated heterocycles. The fourth-order valence-corrected chi connectivity index (χ4v) is 3.65. The molecule has 3 amide bonds. The number of carbonyl (C=O) groups is 2. The fraction of sp³-hybridized carbons (Fsp3) is 0.833. The lowest BCUT2D eigenvalue weighted by atomic mass is 9.90. The van der Waals surface area contributed by atoms with Crippen LogP contribution in [-0.2, 0) is 14.3 Å². The standard InChI is InChI=1S/C18H26F2N4O4/c1-16(19,20)10-13(14(25)24-17(11-21)6-7-17)23-15(26)22-12-2-4-18(5-3-12)27-8-9-28-18/h12-13H,2-10H2,1H3,(H,24,25)(H2,22,23,26). The van der Waals surface area contributed by atoms with Gasteiger partial charge in [-0.25, -0.2) is 13.6 Å². The van der Waals surface area contributed by atoms with E-state index in [-0.39, 0.29) is 6.04 Å². The maximum atomic E-state index is 13.5. The molecule has 2 aliphatic carbocycles. The summed E-state index contributed by atoms with van der Waals surface area (Å²) in [7, 11) is 0. The Kier molecular flexibility index (Phi) is 5.77. The average molecular weight is 400 g/mol. The molecule has 28 heavy (non-hydrogen) atoms. The molecule has 3 fully saturated rings. The van der Waals surface area contributed by atoms with E-state index in [0.29, 0.717) is 58.7 Å². The van der Waals surface area contributed by atoms with Crippen molar-refractivity contribution in [2.24, 2.45) is 0 Å². The van der Waals surface area contributed by atoms with E-state index in [9.17, 15) is 18.4 Å². The summed E-state index contributed by atoms with van der Waals surface area (Å²) in [5.74, 6) is -4.48. The molecule has 0 aromatic heterocycles. The second kappa shape index (κ2) is 7.79. The van der Waals surface area contributed by atoms with Gasteiger partial charge in [-0.1, -0.05) is 0 Å². The highest BCUT2D eigenvalue weighted by Crippen LogP contribution is 2.36. The normalized spacial score (nSPS) is 24.2. The van der Waals surface area contributed by atoms with Crippen LogP contribution in [0.15, 0.2) is 0 Å². The van der Waals surface area contributed by atoms with Gasteiger partial charge in [-0.2, -0.15) is 5.26 Å². The van der Waals surface area contributed by atoms with Crippen LogP contribution in [0, 0.1) is 11.3 Å². The van der Waals surface area contributed by atoms with Gasteiger partial charge >= 0.3 is 6.03 Å². The van der Waals surface area contributed by atoms with Crippen molar-refractivity contribution >= 4 is 11.9 Å². The lowest BCUT2D eigenvalue weighted by molar-refractivity contribution is -0.179. The fourth-order valence-electron chi connectivity index (χ4n) is 3.65. The van der Waals surface area contributed by atoms with Crippen molar-refractivity contribution < 1.29 is 27.8 Å². The minimum Gasteiger partial charge on any atom is -0.348 e. The third-order valence-corrected chi connectivity index (χ3v) is 5.41. The van der Waals surface area contributed by atoms with Crippen molar-refractivity contribution in [1.29, 1.82) is 5.26 Å². The first kappa shape index (κ1) is 20.7. The Bertz CT molecular complexity index is 641. The zero-order valence-electron chi connectivity index (χ0n) is 15.9. The summed E-state index contributed by atoms with van der Waals surface area (Å²) < 4.78 is 38.3. The van der Waals surface area contributed by atoms with Crippen molar-refractivity contribution in [2.45, 2.75) is 81.2 Å². The number of amides is 3. The van der Waals surface area contributed by atoms with Crippen LogP contribution in [0.4, 0.5) is 13.6 Å².